The van der Waals surface area contributed by atoms with Crippen LogP contribution in [0.3, 0.4) is 0 Å². The minimum absolute atomic E-state index is 0.0474. The highest BCUT2D eigenvalue weighted by molar-refractivity contribution is 9.10. The number of rotatable bonds is 4. The summed E-state index contributed by atoms with van der Waals surface area (Å²) >= 11 is 9.21. The van der Waals surface area contributed by atoms with Gasteiger partial charge in [0.2, 0.25) is 5.88 Å². The quantitative estimate of drug-likeness (QED) is 0.919. The fourth-order valence-electron chi connectivity index (χ4n) is 1.01. The molecule has 0 saturated heterocycles. The Balaban J connectivity index is 2.67. The van der Waals surface area contributed by atoms with Crippen LogP contribution in [-0.4, -0.2) is 24.7 Å². The third-order valence-electron chi connectivity index (χ3n) is 1.58. The summed E-state index contributed by atoms with van der Waals surface area (Å²) < 4.78 is 6.36. The largest absolute Gasteiger partial charge is 0.472 e. The van der Waals surface area contributed by atoms with Crippen LogP contribution in [0.25, 0.3) is 0 Å². The van der Waals surface area contributed by atoms with E-state index in [1.807, 2.05) is 14.0 Å². The number of halogens is 2. The zero-order valence-electron chi connectivity index (χ0n) is 8.05. The van der Waals surface area contributed by atoms with E-state index in [-0.39, 0.29) is 6.10 Å². The van der Waals surface area contributed by atoms with Crippen LogP contribution >= 0.6 is 27.5 Å². The highest BCUT2D eigenvalue weighted by Crippen LogP contribution is 2.25. The van der Waals surface area contributed by atoms with Crippen LogP contribution in [0.4, 0.5) is 0 Å². The zero-order chi connectivity index (χ0) is 10.6. The Morgan fingerprint density at radius 2 is 2.43 bits per heavy atom. The molecule has 1 rings (SSSR count). The number of ether oxygens (including phenoxy) is 1. The van der Waals surface area contributed by atoms with Crippen LogP contribution in [0, 0.1) is 0 Å². The second-order valence-electron chi connectivity index (χ2n) is 2.93. The number of likely N-dealkylation sites (N-methyl/N-ethyl adjacent to an activating group) is 1. The summed E-state index contributed by atoms with van der Waals surface area (Å²) in [6, 6.07) is 1.76. The van der Waals surface area contributed by atoms with E-state index in [2.05, 4.69) is 26.2 Å². The molecule has 1 heterocycles. The van der Waals surface area contributed by atoms with Gasteiger partial charge in [0.05, 0.1) is 0 Å². The van der Waals surface area contributed by atoms with Gasteiger partial charge in [0.25, 0.3) is 0 Å². The molecule has 14 heavy (non-hydrogen) atoms. The van der Waals surface area contributed by atoms with Crippen LogP contribution in [0.15, 0.2) is 16.7 Å². The predicted octanol–water partition coefficient (Wildman–Crippen LogP) is 2.48. The smallest absolute Gasteiger partial charge is 0.232 e. The van der Waals surface area contributed by atoms with Gasteiger partial charge in [0.15, 0.2) is 0 Å². The number of aromatic nitrogens is 1. The molecule has 0 saturated carbocycles. The average molecular weight is 280 g/mol. The summed E-state index contributed by atoms with van der Waals surface area (Å²) in [5.41, 5.74) is 0. The molecule has 5 heteroatoms. The molecule has 0 aliphatic carbocycles. The molecule has 0 spiro atoms. The molecule has 0 radical (unpaired) electrons. The maximum atomic E-state index is 5.94. The highest BCUT2D eigenvalue weighted by Gasteiger charge is 2.08. The number of hydrogen-bond acceptors (Lipinski definition) is 3. The van der Waals surface area contributed by atoms with E-state index in [1.54, 1.807) is 12.3 Å². The molecular formula is C9H12BrClN2O. The Morgan fingerprint density at radius 3 is 3.00 bits per heavy atom. The molecule has 1 N–H and O–H groups in total. The lowest BCUT2D eigenvalue weighted by Crippen LogP contribution is -2.26. The van der Waals surface area contributed by atoms with Crippen LogP contribution < -0.4 is 10.1 Å². The fourth-order valence-corrected chi connectivity index (χ4v) is 1.68. The first-order valence-corrected chi connectivity index (χ1v) is 5.43. The molecule has 78 valence electrons. The molecule has 1 aromatic rings. The molecule has 1 aromatic heterocycles. The van der Waals surface area contributed by atoms with Gasteiger partial charge in [0.1, 0.15) is 11.1 Å². The molecule has 0 aliphatic heterocycles. The number of nitrogens with one attached hydrogen (secondary N) is 1. The van der Waals surface area contributed by atoms with E-state index in [1.165, 1.54) is 0 Å². The van der Waals surface area contributed by atoms with Gasteiger partial charge >= 0.3 is 0 Å². The summed E-state index contributed by atoms with van der Waals surface area (Å²) in [5.74, 6) is 0.470. The van der Waals surface area contributed by atoms with Gasteiger partial charge in [-0.15, -0.1) is 0 Å². The van der Waals surface area contributed by atoms with E-state index in [4.69, 9.17) is 16.3 Å². The Labute approximate surface area is 96.9 Å². The second-order valence-corrected chi connectivity index (χ2v) is 4.25. The van der Waals surface area contributed by atoms with Crippen molar-refractivity contribution in [1.82, 2.24) is 10.3 Å². The normalized spacial score (nSPS) is 12.6. The van der Waals surface area contributed by atoms with Gasteiger partial charge in [-0.05, 0) is 36.0 Å². The van der Waals surface area contributed by atoms with Crippen molar-refractivity contribution in [2.45, 2.75) is 13.0 Å². The third-order valence-corrected chi connectivity index (χ3v) is 2.28. The Kier molecular flexibility index (Phi) is 4.65. The summed E-state index contributed by atoms with van der Waals surface area (Å²) in [6.45, 7) is 2.71. The first-order valence-electron chi connectivity index (χ1n) is 4.25. The van der Waals surface area contributed by atoms with Crippen molar-refractivity contribution >= 4 is 27.5 Å². The molecular weight excluding hydrogens is 267 g/mol. The summed E-state index contributed by atoms with van der Waals surface area (Å²) in [4.78, 5) is 4.07. The predicted molar refractivity (Wildman–Crippen MR) is 61.0 cm³/mol. The SMILES string of the molecule is CNCC(C)Oc1ncc(Br)cc1Cl. The van der Waals surface area contributed by atoms with Crippen LogP contribution in [0.5, 0.6) is 5.88 Å². The molecule has 0 aromatic carbocycles. The van der Waals surface area contributed by atoms with Crippen LogP contribution in [0.1, 0.15) is 6.92 Å². The zero-order valence-corrected chi connectivity index (χ0v) is 10.4. The standard InChI is InChI=1S/C9H12BrClN2O/c1-6(4-12-2)14-9-8(11)3-7(10)5-13-9/h3,5-6,12H,4H2,1-2H3. The highest BCUT2D eigenvalue weighted by atomic mass is 79.9. The minimum Gasteiger partial charge on any atom is -0.472 e. The van der Waals surface area contributed by atoms with Gasteiger partial charge in [-0.3, -0.25) is 0 Å². The Hall–Kier alpha value is -0.320. The molecule has 0 bridgehead atoms. The van der Waals surface area contributed by atoms with E-state index in [0.717, 1.165) is 11.0 Å². The Morgan fingerprint density at radius 1 is 1.71 bits per heavy atom. The van der Waals surface area contributed by atoms with Crippen molar-refractivity contribution in [2.75, 3.05) is 13.6 Å². The lowest BCUT2D eigenvalue weighted by molar-refractivity contribution is 0.212. The van der Waals surface area contributed by atoms with Crippen molar-refractivity contribution in [3.8, 4) is 5.88 Å². The summed E-state index contributed by atoms with van der Waals surface area (Å²) in [7, 11) is 1.87. The molecule has 0 aliphatic rings. The van der Waals surface area contributed by atoms with E-state index in [0.29, 0.717) is 10.9 Å². The van der Waals surface area contributed by atoms with Crippen LogP contribution in [0.2, 0.25) is 5.02 Å². The number of nitrogens with zero attached hydrogens (tertiary/aromatic N) is 1. The topological polar surface area (TPSA) is 34.1 Å². The van der Waals surface area contributed by atoms with Gasteiger partial charge in [-0.25, -0.2) is 4.98 Å². The fraction of sp³-hybridized carbons (Fsp3) is 0.444. The molecule has 0 amide bonds. The maximum absolute atomic E-state index is 5.94. The minimum atomic E-state index is 0.0474. The summed E-state index contributed by atoms with van der Waals surface area (Å²) in [6.07, 6.45) is 1.71. The van der Waals surface area contributed by atoms with E-state index in [9.17, 15) is 0 Å². The lowest BCUT2D eigenvalue weighted by Gasteiger charge is -2.13. The Bertz CT molecular complexity index is 309. The third kappa shape index (κ3) is 3.44. The number of pyridine rings is 1. The van der Waals surface area contributed by atoms with Crippen molar-refractivity contribution in [2.24, 2.45) is 0 Å². The molecule has 1 atom stereocenters. The van der Waals surface area contributed by atoms with Gasteiger partial charge < -0.3 is 10.1 Å². The van der Waals surface area contributed by atoms with Gasteiger partial charge in [0, 0.05) is 17.2 Å². The van der Waals surface area contributed by atoms with Gasteiger partial charge in [-0.1, -0.05) is 11.6 Å². The molecule has 1 unspecified atom stereocenters. The average Bonchev–Trinajstić information content (AvgIpc) is 2.10. The van der Waals surface area contributed by atoms with Crippen molar-refractivity contribution < 1.29 is 4.74 Å². The monoisotopic (exact) mass is 278 g/mol. The first-order chi connectivity index (χ1) is 6.63. The van der Waals surface area contributed by atoms with Gasteiger partial charge in [-0.2, -0.15) is 0 Å². The second kappa shape index (κ2) is 5.53. The van der Waals surface area contributed by atoms with Crippen molar-refractivity contribution in [3.63, 3.8) is 0 Å². The molecule has 0 fully saturated rings. The number of hydrogen-bond donors (Lipinski definition) is 1. The first kappa shape index (κ1) is 11.8. The van der Waals surface area contributed by atoms with E-state index < -0.39 is 0 Å². The van der Waals surface area contributed by atoms with E-state index >= 15 is 0 Å². The van der Waals surface area contributed by atoms with Crippen molar-refractivity contribution in [3.05, 3.63) is 21.8 Å². The summed E-state index contributed by atoms with van der Waals surface area (Å²) in [5, 5.41) is 3.53. The van der Waals surface area contributed by atoms with Crippen molar-refractivity contribution in [1.29, 1.82) is 0 Å². The van der Waals surface area contributed by atoms with Crippen LogP contribution in [-0.2, 0) is 0 Å². The maximum Gasteiger partial charge on any atom is 0.232 e. The lowest BCUT2D eigenvalue weighted by atomic mass is 10.4. The molecule has 3 nitrogen and oxygen atoms in total.